The number of carbonyl (C=O) groups is 3. The molecule has 2 aromatic carbocycles. The lowest BCUT2D eigenvalue weighted by molar-refractivity contribution is -0.149. The van der Waals surface area contributed by atoms with Gasteiger partial charge in [-0.3, -0.25) is 4.79 Å². The minimum atomic E-state index is -1.21. The van der Waals surface area contributed by atoms with Gasteiger partial charge in [0.25, 0.3) is 0 Å². The molecule has 3 fully saturated rings. The quantitative estimate of drug-likeness (QED) is 0.561. The van der Waals surface area contributed by atoms with Gasteiger partial charge in [-0.1, -0.05) is 48.5 Å². The van der Waals surface area contributed by atoms with E-state index in [9.17, 15) is 19.5 Å². The Morgan fingerprint density at radius 2 is 1.66 bits per heavy atom. The lowest BCUT2D eigenvalue weighted by Crippen LogP contribution is -2.56. The molecule has 0 spiro atoms. The molecule has 0 aromatic heterocycles. The Morgan fingerprint density at radius 1 is 1.03 bits per heavy atom. The summed E-state index contributed by atoms with van der Waals surface area (Å²) in [5.74, 6) is -0.991. The maximum absolute atomic E-state index is 13.1. The van der Waals surface area contributed by atoms with E-state index in [4.69, 9.17) is 4.74 Å². The third-order valence-corrected chi connectivity index (χ3v) is 8.74. The molecule has 4 atom stereocenters. The van der Waals surface area contributed by atoms with Crippen LogP contribution in [-0.4, -0.2) is 41.3 Å². The smallest absolute Gasteiger partial charge is 0.407 e. The number of rotatable bonds is 7. The standard InChI is InChI=1S/C28H30N2O5/c1-27(25(32)33,16-10-11-16)30-24(31)28-13-17(28)12-18(14-28)29-26(34)35-15-23-21-8-4-2-6-19(21)20-7-3-5-9-22(20)23/h2-9,16-18,23H,10-15H2,1H3,(H,29,34)(H,30,31)(H,32,33)/t17-,18+,27?,28+/m1/s1. The molecule has 35 heavy (non-hydrogen) atoms. The minimum absolute atomic E-state index is 0.00151. The van der Waals surface area contributed by atoms with Gasteiger partial charge < -0.3 is 20.5 Å². The van der Waals surface area contributed by atoms with Crippen molar-refractivity contribution in [1.29, 1.82) is 0 Å². The highest BCUT2D eigenvalue weighted by atomic mass is 16.5. The van der Waals surface area contributed by atoms with Gasteiger partial charge in [-0.2, -0.15) is 0 Å². The van der Waals surface area contributed by atoms with Crippen LogP contribution in [0.4, 0.5) is 4.79 Å². The first-order chi connectivity index (χ1) is 16.8. The van der Waals surface area contributed by atoms with Crippen LogP contribution in [0.2, 0.25) is 0 Å². The van der Waals surface area contributed by atoms with Gasteiger partial charge in [0.1, 0.15) is 12.1 Å². The van der Waals surface area contributed by atoms with Crippen LogP contribution < -0.4 is 10.6 Å². The number of alkyl carbamates (subject to hydrolysis) is 1. The molecule has 2 amide bonds. The average molecular weight is 475 g/mol. The lowest BCUT2D eigenvalue weighted by atomic mass is 9.93. The van der Waals surface area contributed by atoms with E-state index in [1.807, 2.05) is 24.3 Å². The lowest BCUT2D eigenvalue weighted by Gasteiger charge is -2.28. The molecular formula is C28H30N2O5. The van der Waals surface area contributed by atoms with Crippen LogP contribution in [0.5, 0.6) is 0 Å². The number of benzene rings is 2. The second-order valence-corrected chi connectivity index (χ2v) is 10.9. The Bertz CT molecular complexity index is 1180. The van der Waals surface area contributed by atoms with Crippen LogP contribution >= 0.6 is 0 Å². The number of carboxylic acids is 1. The molecule has 0 aliphatic heterocycles. The van der Waals surface area contributed by atoms with Gasteiger partial charge in [-0.15, -0.1) is 0 Å². The van der Waals surface area contributed by atoms with Crippen molar-refractivity contribution < 1.29 is 24.2 Å². The molecule has 3 N–H and O–H groups in total. The molecule has 4 aliphatic rings. The van der Waals surface area contributed by atoms with Crippen molar-refractivity contribution in [3.05, 3.63) is 59.7 Å². The number of hydrogen-bond acceptors (Lipinski definition) is 4. The van der Waals surface area contributed by atoms with E-state index >= 15 is 0 Å². The number of fused-ring (bicyclic) bond motifs is 4. The van der Waals surface area contributed by atoms with Crippen LogP contribution in [0.15, 0.2) is 48.5 Å². The number of amides is 2. The summed E-state index contributed by atoms with van der Waals surface area (Å²) in [6, 6.07) is 16.3. The van der Waals surface area contributed by atoms with E-state index in [0.29, 0.717) is 12.8 Å². The first kappa shape index (κ1) is 22.1. The molecule has 4 aliphatic carbocycles. The monoisotopic (exact) mass is 474 g/mol. The van der Waals surface area contributed by atoms with Crippen LogP contribution in [0, 0.1) is 17.3 Å². The van der Waals surface area contributed by atoms with Crippen LogP contribution in [0.3, 0.4) is 0 Å². The van der Waals surface area contributed by atoms with Crippen molar-refractivity contribution in [3.8, 4) is 11.1 Å². The zero-order valence-corrected chi connectivity index (χ0v) is 19.8. The van der Waals surface area contributed by atoms with Gasteiger partial charge in [0, 0.05) is 12.0 Å². The van der Waals surface area contributed by atoms with E-state index in [-0.39, 0.29) is 36.3 Å². The molecule has 0 heterocycles. The molecule has 182 valence electrons. The number of ether oxygens (including phenoxy) is 1. The Balaban J connectivity index is 1.06. The Morgan fingerprint density at radius 3 is 2.26 bits per heavy atom. The molecule has 7 heteroatoms. The third-order valence-electron chi connectivity index (χ3n) is 8.74. The maximum Gasteiger partial charge on any atom is 0.407 e. The number of aliphatic carboxylic acids is 1. The van der Waals surface area contributed by atoms with Gasteiger partial charge in [-0.05, 0) is 73.1 Å². The first-order valence-corrected chi connectivity index (χ1v) is 12.5. The SMILES string of the molecule is CC(NC(=O)[C@@]12C[C@@H](NC(=O)OCC3c4ccccc4-c4ccccc43)C[C@@H]1C2)(C(=O)O)C1CC1. The van der Waals surface area contributed by atoms with Crippen LogP contribution in [0.1, 0.15) is 56.1 Å². The molecule has 1 unspecified atom stereocenters. The van der Waals surface area contributed by atoms with Crippen molar-refractivity contribution in [1.82, 2.24) is 10.6 Å². The summed E-state index contributed by atoms with van der Waals surface area (Å²) in [6.45, 7) is 1.86. The minimum Gasteiger partial charge on any atom is -0.480 e. The molecule has 2 aromatic rings. The van der Waals surface area contributed by atoms with Gasteiger partial charge in [0.15, 0.2) is 0 Å². The fraction of sp³-hybridized carbons (Fsp3) is 0.464. The Kier molecular flexibility index (Phi) is 4.95. The summed E-state index contributed by atoms with van der Waals surface area (Å²) in [5.41, 5.74) is 2.92. The number of nitrogens with one attached hydrogen (secondary N) is 2. The molecule has 7 nitrogen and oxygen atoms in total. The van der Waals surface area contributed by atoms with Crippen molar-refractivity contribution in [2.45, 2.75) is 56.5 Å². The number of carbonyl (C=O) groups excluding carboxylic acids is 2. The fourth-order valence-electron chi connectivity index (χ4n) is 6.44. The fourth-order valence-corrected chi connectivity index (χ4v) is 6.44. The highest BCUT2D eigenvalue weighted by Crippen LogP contribution is 2.64. The molecule has 6 rings (SSSR count). The van der Waals surface area contributed by atoms with Crippen molar-refractivity contribution in [3.63, 3.8) is 0 Å². The summed E-state index contributed by atoms with van der Waals surface area (Å²) < 4.78 is 5.67. The average Bonchev–Trinajstić information content (AvgIpc) is 3.75. The summed E-state index contributed by atoms with van der Waals surface area (Å²) in [4.78, 5) is 37.6. The van der Waals surface area contributed by atoms with E-state index < -0.39 is 23.0 Å². The third kappa shape index (κ3) is 3.60. The summed E-state index contributed by atoms with van der Waals surface area (Å²) in [7, 11) is 0. The van der Waals surface area contributed by atoms with Crippen LogP contribution in [0.25, 0.3) is 11.1 Å². The highest BCUT2D eigenvalue weighted by molar-refractivity contribution is 5.92. The van der Waals surface area contributed by atoms with Crippen LogP contribution in [-0.2, 0) is 14.3 Å². The van der Waals surface area contributed by atoms with E-state index in [1.165, 1.54) is 11.1 Å². The number of hydrogen-bond donors (Lipinski definition) is 3. The maximum atomic E-state index is 13.1. The summed E-state index contributed by atoms with van der Waals surface area (Å²) >= 11 is 0. The second kappa shape index (κ2) is 7.83. The van der Waals surface area contributed by atoms with Crippen molar-refractivity contribution >= 4 is 18.0 Å². The zero-order chi connectivity index (χ0) is 24.4. The van der Waals surface area contributed by atoms with E-state index in [2.05, 4.69) is 34.9 Å². The largest absolute Gasteiger partial charge is 0.480 e. The van der Waals surface area contributed by atoms with E-state index in [1.54, 1.807) is 6.92 Å². The predicted octanol–water partition coefficient (Wildman–Crippen LogP) is 4.06. The van der Waals surface area contributed by atoms with E-state index in [0.717, 1.165) is 30.4 Å². The summed E-state index contributed by atoms with van der Waals surface area (Å²) in [6.07, 6.45) is 3.17. The summed E-state index contributed by atoms with van der Waals surface area (Å²) in [5, 5.41) is 15.5. The van der Waals surface area contributed by atoms with Gasteiger partial charge in [0.2, 0.25) is 5.91 Å². The first-order valence-electron chi connectivity index (χ1n) is 12.5. The highest BCUT2D eigenvalue weighted by Gasteiger charge is 2.66. The second-order valence-electron chi connectivity index (χ2n) is 10.9. The predicted molar refractivity (Wildman–Crippen MR) is 129 cm³/mol. The van der Waals surface area contributed by atoms with Crippen molar-refractivity contribution in [2.24, 2.45) is 17.3 Å². The van der Waals surface area contributed by atoms with Gasteiger partial charge >= 0.3 is 12.1 Å². The number of carboxylic acid groups (broad SMARTS) is 1. The normalized spacial score (nSPS) is 27.7. The molecular weight excluding hydrogens is 444 g/mol. The van der Waals surface area contributed by atoms with Gasteiger partial charge in [-0.25, -0.2) is 9.59 Å². The molecule has 3 saturated carbocycles. The Labute approximate surface area is 204 Å². The molecule has 0 radical (unpaired) electrons. The van der Waals surface area contributed by atoms with Gasteiger partial charge in [0.05, 0.1) is 5.41 Å². The zero-order valence-electron chi connectivity index (χ0n) is 19.8. The molecule has 0 saturated heterocycles. The Hall–Kier alpha value is -3.35. The van der Waals surface area contributed by atoms with Crippen molar-refractivity contribution in [2.75, 3.05) is 6.61 Å². The molecule has 0 bridgehead atoms. The topological polar surface area (TPSA) is 105 Å².